The van der Waals surface area contributed by atoms with Gasteiger partial charge in [0.1, 0.15) is 5.75 Å². The minimum atomic E-state index is -0.965. The molecule has 1 aromatic heterocycles. The lowest BCUT2D eigenvalue weighted by atomic mass is 9.86. The van der Waals surface area contributed by atoms with E-state index in [1.807, 2.05) is 18.2 Å². The first-order valence-electron chi connectivity index (χ1n) is 11.6. The van der Waals surface area contributed by atoms with Crippen LogP contribution in [0.1, 0.15) is 37.5 Å². The molecule has 2 N–H and O–H groups in total. The van der Waals surface area contributed by atoms with Crippen molar-refractivity contribution in [2.75, 3.05) is 6.61 Å². The highest BCUT2D eigenvalue weighted by Crippen LogP contribution is 2.43. The number of hydrogen-bond acceptors (Lipinski definition) is 6. The normalized spacial score (nSPS) is 12.6. The Kier molecular flexibility index (Phi) is 6.65. The molecule has 1 aliphatic rings. The van der Waals surface area contributed by atoms with Crippen molar-refractivity contribution < 1.29 is 24.7 Å². The van der Waals surface area contributed by atoms with E-state index in [1.54, 1.807) is 52.1 Å². The van der Waals surface area contributed by atoms with Crippen LogP contribution in [-0.4, -0.2) is 38.3 Å². The van der Waals surface area contributed by atoms with Crippen LogP contribution in [0.4, 0.5) is 5.69 Å². The summed E-state index contributed by atoms with van der Waals surface area (Å²) >= 11 is 0. The molecule has 0 saturated heterocycles. The van der Waals surface area contributed by atoms with Crippen molar-refractivity contribution in [2.45, 2.75) is 46.1 Å². The summed E-state index contributed by atoms with van der Waals surface area (Å²) in [6, 6.07) is 12.3. The van der Waals surface area contributed by atoms with E-state index in [4.69, 9.17) is 9.84 Å². The van der Waals surface area contributed by atoms with Crippen LogP contribution < -0.4 is 4.74 Å². The molecule has 3 aromatic carbocycles. The lowest BCUT2D eigenvalue weighted by Gasteiger charge is -2.21. The van der Waals surface area contributed by atoms with E-state index in [1.165, 1.54) is 6.07 Å². The molecule has 1 aliphatic heterocycles. The number of carboxylic acids is 1. The van der Waals surface area contributed by atoms with E-state index in [0.717, 1.165) is 28.7 Å². The van der Waals surface area contributed by atoms with E-state index >= 15 is 0 Å². The number of pyridine rings is 1. The van der Waals surface area contributed by atoms with Gasteiger partial charge in [-0.05, 0) is 79.6 Å². The minimum absolute atomic E-state index is 0.0113. The fourth-order valence-electron chi connectivity index (χ4n) is 4.54. The Labute approximate surface area is 208 Å². The lowest BCUT2D eigenvalue weighted by molar-refractivity contribution is -0.383. The number of carboxylic acid groups (broad SMARTS) is 1. The summed E-state index contributed by atoms with van der Waals surface area (Å²) in [5.74, 6) is -0.219. The zero-order chi connectivity index (χ0) is 26.2. The van der Waals surface area contributed by atoms with Crippen LogP contribution in [0.5, 0.6) is 5.75 Å². The van der Waals surface area contributed by atoms with E-state index in [9.17, 15) is 20.0 Å². The molecule has 0 unspecified atom stereocenters. The van der Waals surface area contributed by atoms with Crippen molar-refractivity contribution in [1.29, 1.82) is 0 Å². The Hall–Kier alpha value is -4.04. The molecule has 2 heterocycles. The molecule has 0 radical (unpaired) electrons. The van der Waals surface area contributed by atoms with Gasteiger partial charge < -0.3 is 14.9 Å². The van der Waals surface area contributed by atoms with E-state index in [2.05, 4.69) is 4.98 Å². The Morgan fingerprint density at radius 2 is 1.89 bits per heavy atom. The Morgan fingerprint density at radius 1 is 1.17 bits per heavy atom. The van der Waals surface area contributed by atoms with Crippen LogP contribution >= 0.6 is 0 Å². The van der Waals surface area contributed by atoms with Crippen molar-refractivity contribution in [2.24, 2.45) is 0 Å². The topological polar surface area (TPSA) is 123 Å². The number of nitro benzene ring substituents is 1. The second kappa shape index (κ2) is 9.54. The number of fused-ring (bicyclic) bond motifs is 1. The van der Waals surface area contributed by atoms with Gasteiger partial charge >= 0.3 is 5.97 Å². The van der Waals surface area contributed by atoms with Gasteiger partial charge in [-0.1, -0.05) is 12.1 Å². The van der Waals surface area contributed by atoms with Crippen molar-refractivity contribution >= 4 is 33.3 Å². The zero-order valence-corrected chi connectivity index (χ0v) is 20.7. The smallest absolute Gasteiger partial charge is 0.307 e. The third-order valence-corrected chi connectivity index (χ3v) is 5.85. The molecule has 0 bridgehead atoms. The number of hydrogen-bond donors (Lipinski definition) is 2. The van der Waals surface area contributed by atoms with Gasteiger partial charge in [0.05, 0.1) is 34.5 Å². The maximum atomic E-state index is 11.7. The number of aliphatic carboxylic acids is 1. The quantitative estimate of drug-likeness (QED) is 0.283. The number of non-ortho nitro benzene ring substituents is 1. The third kappa shape index (κ3) is 4.99. The summed E-state index contributed by atoms with van der Waals surface area (Å²) in [7, 11) is 0. The maximum absolute atomic E-state index is 11.7. The Balaban J connectivity index is 0.000000556. The molecule has 0 atom stereocenters. The van der Waals surface area contributed by atoms with Gasteiger partial charge in [0, 0.05) is 29.6 Å². The number of aromatic nitrogens is 1. The summed E-state index contributed by atoms with van der Waals surface area (Å²) in [5, 5.41) is 31.8. The van der Waals surface area contributed by atoms with Crippen LogP contribution in [-0.2, 0) is 17.6 Å². The van der Waals surface area contributed by atoms with Gasteiger partial charge in [0.25, 0.3) is 5.69 Å². The van der Waals surface area contributed by atoms with E-state index in [0.29, 0.717) is 39.6 Å². The number of nitro groups is 1. The standard InChI is InChI=1S/C24H18N2O5.C4H10O/c1-13-11-18-15(3-2-4-19(18)26(29)30)23(17(13)12-21(27)28)16-5-6-20-22-14(8-10-31-20)7-9-25-24(16)22;1-4(2,3)5/h2-7,9,11H,8,10,12H2,1H3,(H,27,28);5H,1-3H3. The number of aliphatic hydroxyl groups is 1. The number of aryl methyl sites for hydroxylation is 1. The Morgan fingerprint density at radius 3 is 2.56 bits per heavy atom. The number of nitrogens with zero attached hydrogens (tertiary/aromatic N) is 2. The summed E-state index contributed by atoms with van der Waals surface area (Å²) in [4.78, 5) is 27.6. The number of carbonyl (C=O) groups is 1. The highest BCUT2D eigenvalue weighted by atomic mass is 16.6. The van der Waals surface area contributed by atoms with Crippen LogP contribution in [0.25, 0.3) is 32.8 Å². The molecule has 0 saturated carbocycles. The highest BCUT2D eigenvalue weighted by Gasteiger charge is 2.24. The van der Waals surface area contributed by atoms with E-state index in [-0.39, 0.29) is 12.1 Å². The average Bonchev–Trinajstić information content (AvgIpc) is 2.79. The average molecular weight is 489 g/mol. The van der Waals surface area contributed by atoms with Gasteiger partial charge in [0.15, 0.2) is 0 Å². The van der Waals surface area contributed by atoms with Crippen LogP contribution in [0.3, 0.4) is 0 Å². The molecule has 186 valence electrons. The van der Waals surface area contributed by atoms with Crippen molar-refractivity contribution in [3.63, 3.8) is 0 Å². The molecule has 0 amide bonds. The predicted molar refractivity (Wildman–Crippen MR) is 139 cm³/mol. The van der Waals surface area contributed by atoms with Crippen molar-refractivity contribution in [1.82, 2.24) is 4.98 Å². The van der Waals surface area contributed by atoms with Crippen LogP contribution in [0.15, 0.2) is 48.7 Å². The first-order chi connectivity index (χ1) is 17.0. The zero-order valence-electron chi connectivity index (χ0n) is 20.7. The summed E-state index contributed by atoms with van der Waals surface area (Å²) in [6.07, 6.45) is 2.31. The summed E-state index contributed by atoms with van der Waals surface area (Å²) in [6.45, 7) is 7.61. The SMILES string of the molecule is CC(C)(C)O.Cc1cc2c([N+](=O)[O-])cccc2c(-c2ccc3c4c(ccnc24)CCO3)c1CC(=O)O. The first-order valence-corrected chi connectivity index (χ1v) is 11.6. The molecule has 0 fully saturated rings. The van der Waals surface area contributed by atoms with Crippen LogP contribution in [0, 0.1) is 17.0 Å². The van der Waals surface area contributed by atoms with Gasteiger partial charge in [-0.3, -0.25) is 19.9 Å². The van der Waals surface area contributed by atoms with Gasteiger partial charge in [0.2, 0.25) is 0 Å². The number of benzene rings is 3. The summed E-state index contributed by atoms with van der Waals surface area (Å²) in [5.41, 5.74) is 4.05. The largest absolute Gasteiger partial charge is 0.493 e. The Bertz CT molecular complexity index is 1490. The lowest BCUT2D eigenvalue weighted by Crippen LogP contribution is -2.10. The molecule has 36 heavy (non-hydrogen) atoms. The summed E-state index contributed by atoms with van der Waals surface area (Å²) < 4.78 is 5.82. The third-order valence-electron chi connectivity index (χ3n) is 5.85. The molecule has 4 aromatic rings. The molecule has 8 heteroatoms. The van der Waals surface area contributed by atoms with Crippen LogP contribution in [0.2, 0.25) is 0 Å². The fourth-order valence-corrected chi connectivity index (χ4v) is 4.54. The number of ether oxygens (including phenoxy) is 1. The first kappa shape index (κ1) is 25.1. The molecule has 8 nitrogen and oxygen atoms in total. The van der Waals surface area contributed by atoms with Crippen molar-refractivity contribution in [3.8, 4) is 16.9 Å². The second-order valence-electron chi connectivity index (χ2n) is 9.82. The molecule has 0 spiro atoms. The monoisotopic (exact) mass is 488 g/mol. The number of rotatable bonds is 4. The molecule has 0 aliphatic carbocycles. The predicted octanol–water partition coefficient (Wildman–Crippen LogP) is 5.61. The molecule has 5 rings (SSSR count). The second-order valence-corrected chi connectivity index (χ2v) is 9.82. The van der Waals surface area contributed by atoms with E-state index < -0.39 is 16.5 Å². The molecular weight excluding hydrogens is 460 g/mol. The molecular formula is C28H28N2O6. The minimum Gasteiger partial charge on any atom is -0.493 e. The van der Waals surface area contributed by atoms with Gasteiger partial charge in [-0.15, -0.1) is 0 Å². The highest BCUT2D eigenvalue weighted by molar-refractivity contribution is 6.10. The fraction of sp³-hybridized carbons (Fsp3) is 0.286. The van der Waals surface area contributed by atoms with Crippen molar-refractivity contribution in [3.05, 3.63) is 75.5 Å². The van der Waals surface area contributed by atoms with Gasteiger partial charge in [-0.2, -0.15) is 0 Å². The maximum Gasteiger partial charge on any atom is 0.307 e. The van der Waals surface area contributed by atoms with Gasteiger partial charge in [-0.25, -0.2) is 0 Å².